The van der Waals surface area contributed by atoms with Crippen LogP contribution in [0.15, 0.2) is 29.9 Å². The Morgan fingerprint density at radius 1 is 1.65 bits per heavy atom. The quantitative estimate of drug-likeness (QED) is 0.661. The number of carboxylic acid groups (broad SMARTS) is 1. The van der Waals surface area contributed by atoms with Crippen LogP contribution in [-0.2, 0) is 21.4 Å². The fraction of sp³-hybridized carbons (Fsp3) is 0.333. The Labute approximate surface area is 98.8 Å². The normalized spacial score (nSPS) is 11.3. The number of aromatic nitrogens is 2. The summed E-state index contributed by atoms with van der Waals surface area (Å²) >= 11 is 0. The summed E-state index contributed by atoms with van der Waals surface area (Å²) in [5, 5.41) is 12.2. The van der Waals surface area contributed by atoms with Gasteiger partial charge in [0.15, 0.2) is 0 Å². The van der Waals surface area contributed by atoms with E-state index in [1.54, 1.807) is 0 Å². The molecule has 0 spiro atoms. The molecule has 0 bridgehead atoms. The number of nitrogens with one attached hydrogen (secondary N) is 1. The van der Waals surface area contributed by atoms with Crippen molar-refractivity contribution in [2.45, 2.75) is 17.9 Å². The van der Waals surface area contributed by atoms with Crippen molar-refractivity contribution >= 4 is 16.0 Å². The minimum absolute atomic E-state index is 0.00439. The van der Waals surface area contributed by atoms with Crippen molar-refractivity contribution in [3.63, 3.8) is 0 Å². The zero-order valence-electron chi connectivity index (χ0n) is 9.04. The molecule has 0 saturated carbocycles. The average molecular weight is 259 g/mol. The Morgan fingerprint density at radius 3 is 2.94 bits per heavy atom. The summed E-state index contributed by atoms with van der Waals surface area (Å²) in [5.41, 5.74) is 0. The number of rotatable bonds is 7. The van der Waals surface area contributed by atoms with Crippen molar-refractivity contribution in [2.24, 2.45) is 0 Å². The molecule has 1 aromatic rings. The predicted molar refractivity (Wildman–Crippen MR) is 59.9 cm³/mol. The summed E-state index contributed by atoms with van der Waals surface area (Å²) in [4.78, 5) is 10.3. The third kappa shape index (κ3) is 4.00. The van der Waals surface area contributed by atoms with E-state index in [1.807, 2.05) is 0 Å². The Bertz CT molecular complexity index is 506. The largest absolute Gasteiger partial charge is 0.481 e. The molecule has 2 N–H and O–H groups in total. The first-order valence-corrected chi connectivity index (χ1v) is 6.29. The lowest BCUT2D eigenvalue weighted by atomic mass is 10.4. The highest BCUT2D eigenvalue weighted by Gasteiger charge is 2.15. The first-order valence-electron chi connectivity index (χ1n) is 4.80. The minimum Gasteiger partial charge on any atom is -0.481 e. The second kappa shape index (κ2) is 5.60. The fourth-order valence-corrected chi connectivity index (χ4v) is 2.02. The van der Waals surface area contributed by atoms with Crippen LogP contribution >= 0.6 is 0 Å². The van der Waals surface area contributed by atoms with E-state index in [-0.39, 0.29) is 24.4 Å². The topological polar surface area (TPSA) is 101 Å². The van der Waals surface area contributed by atoms with Gasteiger partial charge in [0.2, 0.25) is 10.0 Å². The Morgan fingerprint density at radius 2 is 2.35 bits per heavy atom. The number of aliphatic carboxylic acids is 1. The molecule has 0 radical (unpaired) electrons. The van der Waals surface area contributed by atoms with Gasteiger partial charge in [0.05, 0.1) is 19.2 Å². The van der Waals surface area contributed by atoms with Crippen LogP contribution in [0.5, 0.6) is 0 Å². The summed E-state index contributed by atoms with van der Waals surface area (Å²) in [7, 11) is -3.59. The van der Waals surface area contributed by atoms with Gasteiger partial charge in [-0.1, -0.05) is 6.08 Å². The van der Waals surface area contributed by atoms with Gasteiger partial charge in [0.25, 0.3) is 0 Å². The molecule has 0 aliphatic carbocycles. The van der Waals surface area contributed by atoms with Gasteiger partial charge in [-0.15, -0.1) is 6.58 Å². The minimum atomic E-state index is -3.59. The maximum atomic E-state index is 11.6. The van der Waals surface area contributed by atoms with Gasteiger partial charge in [0.1, 0.15) is 4.90 Å². The lowest BCUT2D eigenvalue weighted by Crippen LogP contribution is -2.23. The molecule has 0 aromatic carbocycles. The summed E-state index contributed by atoms with van der Waals surface area (Å²) < 4.78 is 26.8. The first-order chi connectivity index (χ1) is 7.95. The maximum absolute atomic E-state index is 11.6. The number of hydrogen-bond acceptors (Lipinski definition) is 4. The van der Waals surface area contributed by atoms with Crippen LogP contribution in [0.4, 0.5) is 0 Å². The van der Waals surface area contributed by atoms with E-state index in [4.69, 9.17) is 5.11 Å². The summed E-state index contributed by atoms with van der Waals surface area (Å²) in [5.74, 6) is -0.963. The molecular weight excluding hydrogens is 246 g/mol. The molecule has 0 atom stereocenters. The third-order valence-corrected chi connectivity index (χ3v) is 3.27. The van der Waals surface area contributed by atoms with Gasteiger partial charge in [0, 0.05) is 12.7 Å². The van der Waals surface area contributed by atoms with Crippen molar-refractivity contribution in [3.8, 4) is 0 Å². The van der Waals surface area contributed by atoms with Gasteiger partial charge in [-0.2, -0.15) is 5.10 Å². The van der Waals surface area contributed by atoms with Gasteiger partial charge in [-0.05, 0) is 0 Å². The van der Waals surface area contributed by atoms with E-state index < -0.39 is 16.0 Å². The molecule has 8 heteroatoms. The van der Waals surface area contributed by atoms with Crippen molar-refractivity contribution < 1.29 is 18.3 Å². The van der Waals surface area contributed by atoms with Crippen LogP contribution in [-0.4, -0.2) is 35.8 Å². The summed E-state index contributed by atoms with van der Waals surface area (Å²) in [6, 6.07) is 0. The average Bonchev–Trinajstić information content (AvgIpc) is 2.73. The highest BCUT2D eigenvalue weighted by Crippen LogP contribution is 2.06. The molecule has 0 unspecified atom stereocenters. The molecule has 94 valence electrons. The molecule has 0 fully saturated rings. The van der Waals surface area contributed by atoms with Crippen LogP contribution in [0.2, 0.25) is 0 Å². The molecule has 1 aromatic heterocycles. The SMILES string of the molecule is C=CCNS(=O)(=O)c1cnn(CCC(=O)O)c1. The number of sulfonamides is 1. The molecule has 1 heterocycles. The number of hydrogen-bond donors (Lipinski definition) is 2. The molecule has 0 aliphatic rings. The van der Waals surface area contributed by atoms with Crippen LogP contribution in [0.25, 0.3) is 0 Å². The number of carboxylic acids is 1. The van der Waals surface area contributed by atoms with Crippen molar-refractivity contribution in [1.82, 2.24) is 14.5 Å². The molecule has 17 heavy (non-hydrogen) atoms. The van der Waals surface area contributed by atoms with Crippen molar-refractivity contribution in [3.05, 3.63) is 25.0 Å². The van der Waals surface area contributed by atoms with Gasteiger partial charge < -0.3 is 5.11 Å². The summed E-state index contributed by atoms with van der Waals surface area (Å²) in [6.45, 7) is 3.66. The summed E-state index contributed by atoms with van der Waals surface area (Å²) in [6.07, 6.45) is 3.77. The molecule has 1 rings (SSSR count). The third-order valence-electron chi connectivity index (χ3n) is 1.89. The van der Waals surface area contributed by atoms with Crippen LogP contribution in [0.3, 0.4) is 0 Å². The zero-order chi connectivity index (χ0) is 12.9. The second-order valence-electron chi connectivity index (χ2n) is 3.22. The monoisotopic (exact) mass is 259 g/mol. The molecule has 0 saturated heterocycles. The highest BCUT2D eigenvalue weighted by molar-refractivity contribution is 7.89. The smallest absolute Gasteiger partial charge is 0.305 e. The number of nitrogens with zero attached hydrogens (tertiary/aromatic N) is 2. The highest BCUT2D eigenvalue weighted by atomic mass is 32.2. The van der Waals surface area contributed by atoms with E-state index in [1.165, 1.54) is 23.2 Å². The first kappa shape index (κ1) is 13.4. The predicted octanol–water partition coefficient (Wildman–Crippen LogP) is -0.178. The van der Waals surface area contributed by atoms with E-state index >= 15 is 0 Å². The lowest BCUT2D eigenvalue weighted by molar-refractivity contribution is -0.137. The molecule has 7 nitrogen and oxygen atoms in total. The van der Waals surface area contributed by atoms with Gasteiger partial charge in [-0.25, -0.2) is 13.1 Å². The van der Waals surface area contributed by atoms with Crippen LogP contribution in [0, 0.1) is 0 Å². The Kier molecular flexibility index (Phi) is 4.41. The molecule has 0 aliphatic heterocycles. The van der Waals surface area contributed by atoms with E-state index in [0.717, 1.165) is 0 Å². The van der Waals surface area contributed by atoms with Gasteiger partial charge >= 0.3 is 5.97 Å². The van der Waals surface area contributed by atoms with Crippen LogP contribution in [0.1, 0.15) is 6.42 Å². The van der Waals surface area contributed by atoms with E-state index in [9.17, 15) is 13.2 Å². The maximum Gasteiger partial charge on any atom is 0.305 e. The van der Waals surface area contributed by atoms with Gasteiger partial charge in [-0.3, -0.25) is 9.48 Å². The van der Waals surface area contributed by atoms with Crippen molar-refractivity contribution in [2.75, 3.05) is 6.54 Å². The Balaban J connectivity index is 2.73. The molecule has 0 amide bonds. The Hall–Kier alpha value is -1.67. The molecular formula is C9H13N3O4S. The standard InChI is InChI=1S/C9H13N3O4S/c1-2-4-11-17(15,16)8-6-10-12(7-8)5-3-9(13)14/h2,6-7,11H,1,3-5H2,(H,13,14). The van der Waals surface area contributed by atoms with E-state index in [2.05, 4.69) is 16.4 Å². The fourth-order valence-electron chi connectivity index (χ4n) is 1.07. The van der Waals surface area contributed by atoms with Crippen LogP contribution < -0.4 is 4.72 Å². The van der Waals surface area contributed by atoms with Crippen molar-refractivity contribution in [1.29, 1.82) is 0 Å². The second-order valence-corrected chi connectivity index (χ2v) is 4.99. The number of carbonyl (C=O) groups is 1. The number of aryl methyl sites for hydroxylation is 1. The zero-order valence-corrected chi connectivity index (χ0v) is 9.85. The van der Waals surface area contributed by atoms with E-state index in [0.29, 0.717) is 0 Å². The lowest BCUT2D eigenvalue weighted by Gasteiger charge is -2.00.